The lowest BCUT2D eigenvalue weighted by Crippen LogP contribution is -2.00. The summed E-state index contributed by atoms with van der Waals surface area (Å²) in [6.07, 6.45) is 0. The summed E-state index contributed by atoms with van der Waals surface area (Å²) in [7, 11) is 0. The minimum atomic E-state index is 0.593. The standard InChI is InChI=1S/C45H29N3O/c1-3-9-30(10-4-1)32-15-17-34(18-16-32)35-21-25-37(26-22-35)44-46-43(36-23-19-33(20-24-36)31-11-5-2-6-12-31)47-45(48-44)38-27-28-40-39-13-7-8-14-41(39)49-42(40)29-38/h1-29H. The van der Waals surface area contributed by atoms with E-state index >= 15 is 0 Å². The molecule has 0 atom stereocenters. The van der Waals surface area contributed by atoms with E-state index < -0.39 is 0 Å². The van der Waals surface area contributed by atoms with Crippen LogP contribution in [0.3, 0.4) is 0 Å². The molecule has 0 saturated heterocycles. The lowest BCUT2D eigenvalue weighted by atomic mass is 9.99. The van der Waals surface area contributed by atoms with Gasteiger partial charge in [-0.15, -0.1) is 0 Å². The highest BCUT2D eigenvalue weighted by Crippen LogP contribution is 2.33. The van der Waals surface area contributed by atoms with Crippen molar-refractivity contribution in [3.8, 4) is 67.5 Å². The molecule has 0 N–H and O–H groups in total. The van der Waals surface area contributed by atoms with Crippen LogP contribution >= 0.6 is 0 Å². The monoisotopic (exact) mass is 627 g/mol. The number of fused-ring (bicyclic) bond motifs is 3. The molecule has 2 heterocycles. The SMILES string of the molecule is c1ccc(-c2ccc(-c3ccc(-c4nc(-c5ccc(-c6ccccc6)cc5)nc(-c5ccc6c(c5)oc5ccccc56)n4)cc3)cc2)cc1. The van der Waals surface area contributed by atoms with Gasteiger partial charge in [0.15, 0.2) is 17.5 Å². The van der Waals surface area contributed by atoms with Gasteiger partial charge in [0.2, 0.25) is 0 Å². The molecule has 9 rings (SSSR count). The van der Waals surface area contributed by atoms with Gasteiger partial charge in [0.25, 0.3) is 0 Å². The maximum atomic E-state index is 6.22. The predicted molar refractivity (Wildman–Crippen MR) is 200 cm³/mol. The Labute approximate surface area is 284 Å². The molecule has 4 nitrogen and oxygen atoms in total. The van der Waals surface area contributed by atoms with Gasteiger partial charge < -0.3 is 4.42 Å². The van der Waals surface area contributed by atoms with Crippen molar-refractivity contribution in [2.24, 2.45) is 0 Å². The van der Waals surface area contributed by atoms with Crippen LogP contribution in [0.15, 0.2) is 180 Å². The summed E-state index contributed by atoms with van der Waals surface area (Å²) in [6.45, 7) is 0. The predicted octanol–water partition coefficient (Wildman–Crippen LogP) is 11.8. The molecule has 9 aromatic rings. The molecule has 0 unspecified atom stereocenters. The van der Waals surface area contributed by atoms with E-state index in [2.05, 4.69) is 140 Å². The molecular weight excluding hydrogens is 599 g/mol. The van der Waals surface area contributed by atoms with E-state index in [1.54, 1.807) is 0 Å². The molecule has 0 aliphatic carbocycles. The lowest BCUT2D eigenvalue weighted by Gasteiger charge is -2.10. The summed E-state index contributed by atoms with van der Waals surface area (Å²) in [4.78, 5) is 15.0. The average Bonchev–Trinajstić information content (AvgIpc) is 3.57. The quantitative estimate of drug-likeness (QED) is 0.184. The van der Waals surface area contributed by atoms with Crippen molar-refractivity contribution in [3.05, 3.63) is 176 Å². The Morgan fingerprint density at radius 1 is 0.265 bits per heavy atom. The van der Waals surface area contributed by atoms with Gasteiger partial charge in [-0.2, -0.15) is 0 Å². The van der Waals surface area contributed by atoms with Crippen molar-refractivity contribution < 1.29 is 4.42 Å². The van der Waals surface area contributed by atoms with Gasteiger partial charge >= 0.3 is 0 Å². The first-order valence-corrected chi connectivity index (χ1v) is 16.4. The van der Waals surface area contributed by atoms with Gasteiger partial charge in [-0.25, -0.2) is 15.0 Å². The van der Waals surface area contributed by atoms with Crippen molar-refractivity contribution >= 4 is 21.9 Å². The molecule has 0 saturated carbocycles. The summed E-state index contributed by atoms with van der Waals surface area (Å²) in [5, 5.41) is 2.16. The van der Waals surface area contributed by atoms with E-state index in [9.17, 15) is 0 Å². The second kappa shape index (κ2) is 12.2. The normalized spacial score (nSPS) is 11.3. The zero-order valence-electron chi connectivity index (χ0n) is 26.5. The third-order valence-electron chi connectivity index (χ3n) is 8.99. The van der Waals surface area contributed by atoms with Gasteiger partial charge in [0.05, 0.1) is 0 Å². The number of benzene rings is 7. The second-order valence-electron chi connectivity index (χ2n) is 12.1. The molecule has 0 spiro atoms. The van der Waals surface area contributed by atoms with Crippen LogP contribution < -0.4 is 0 Å². The summed E-state index contributed by atoms with van der Waals surface area (Å²) in [6, 6.07) is 60.6. The fourth-order valence-electron chi connectivity index (χ4n) is 6.37. The Bertz CT molecular complexity index is 2560. The largest absolute Gasteiger partial charge is 0.456 e. The zero-order chi connectivity index (χ0) is 32.6. The Morgan fingerprint density at radius 3 is 1.10 bits per heavy atom. The molecule has 7 aromatic carbocycles. The molecular formula is C45H29N3O. The maximum Gasteiger partial charge on any atom is 0.164 e. The second-order valence-corrected chi connectivity index (χ2v) is 12.1. The van der Waals surface area contributed by atoms with Crippen LogP contribution in [0.1, 0.15) is 0 Å². The van der Waals surface area contributed by atoms with Gasteiger partial charge in [-0.05, 0) is 51.6 Å². The zero-order valence-corrected chi connectivity index (χ0v) is 26.5. The van der Waals surface area contributed by atoms with Crippen LogP contribution in [0.2, 0.25) is 0 Å². The Balaban J connectivity index is 1.10. The van der Waals surface area contributed by atoms with Gasteiger partial charge in [0.1, 0.15) is 11.2 Å². The first-order chi connectivity index (χ1) is 24.2. The summed E-state index contributed by atoms with van der Waals surface area (Å²) in [5.74, 6) is 1.82. The van der Waals surface area contributed by atoms with E-state index in [1.165, 1.54) is 16.7 Å². The van der Waals surface area contributed by atoms with Crippen LogP contribution in [0.25, 0.3) is 89.5 Å². The summed E-state index contributed by atoms with van der Waals surface area (Å²) < 4.78 is 6.22. The van der Waals surface area contributed by atoms with Crippen LogP contribution in [0.5, 0.6) is 0 Å². The summed E-state index contributed by atoms with van der Waals surface area (Å²) >= 11 is 0. The smallest absolute Gasteiger partial charge is 0.164 e. The van der Waals surface area contributed by atoms with Crippen molar-refractivity contribution in [3.63, 3.8) is 0 Å². The Hall–Kier alpha value is -6.65. The minimum Gasteiger partial charge on any atom is -0.456 e. The van der Waals surface area contributed by atoms with Crippen LogP contribution in [0, 0.1) is 0 Å². The molecule has 0 aliphatic rings. The number of nitrogens with zero attached hydrogens (tertiary/aromatic N) is 3. The minimum absolute atomic E-state index is 0.593. The molecule has 2 aromatic heterocycles. The molecule has 49 heavy (non-hydrogen) atoms. The van der Waals surface area contributed by atoms with E-state index in [-0.39, 0.29) is 0 Å². The fourth-order valence-corrected chi connectivity index (χ4v) is 6.37. The van der Waals surface area contributed by atoms with Crippen LogP contribution in [0.4, 0.5) is 0 Å². The average molecular weight is 628 g/mol. The molecule has 0 aliphatic heterocycles. The highest BCUT2D eigenvalue weighted by atomic mass is 16.3. The van der Waals surface area contributed by atoms with Gasteiger partial charge in [-0.3, -0.25) is 0 Å². The van der Waals surface area contributed by atoms with Crippen molar-refractivity contribution in [1.82, 2.24) is 15.0 Å². The van der Waals surface area contributed by atoms with Gasteiger partial charge in [-0.1, -0.05) is 158 Å². The number of furan rings is 1. The first-order valence-electron chi connectivity index (χ1n) is 16.4. The number of para-hydroxylation sites is 1. The first kappa shape index (κ1) is 28.6. The van der Waals surface area contributed by atoms with E-state index in [0.29, 0.717) is 17.5 Å². The summed E-state index contributed by atoms with van der Waals surface area (Å²) in [5.41, 5.74) is 11.4. The van der Waals surface area contributed by atoms with Gasteiger partial charge in [0, 0.05) is 27.5 Å². The van der Waals surface area contributed by atoms with Crippen LogP contribution in [-0.4, -0.2) is 15.0 Å². The molecule has 0 radical (unpaired) electrons. The third-order valence-corrected chi connectivity index (χ3v) is 8.99. The fraction of sp³-hybridized carbons (Fsp3) is 0. The molecule has 0 amide bonds. The third kappa shape index (κ3) is 5.56. The highest BCUT2D eigenvalue weighted by molar-refractivity contribution is 6.05. The molecule has 0 fully saturated rings. The van der Waals surface area contributed by atoms with E-state index in [1.807, 2.05) is 36.4 Å². The van der Waals surface area contributed by atoms with Crippen LogP contribution in [-0.2, 0) is 0 Å². The number of hydrogen-bond acceptors (Lipinski definition) is 4. The van der Waals surface area contributed by atoms with Crippen molar-refractivity contribution in [2.75, 3.05) is 0 Å². The van der Waals surface area contributed by atoms with E-state index in [0.717, 1.165) is 55.3 Å². The molecule has 4 heteroatoms. The number of aromatic nitrogens is 3. The van der Waals surface area contributed by atoms with Crippen molar-refractivity contribution in [2.45, 2.75) is 0 Å². The lowest BCUT2D eigenvalue weighted by molar-refractivity contribution is 0.669. The Morgan fingerprint density at radius 2 is 0.612 bits per heavy atom. The van der Waals surface area contributed by atoms with Crippen molar-refractivity contribution in [1.29, 1.82) is 0 Å². The van der Waals surface area contributed by atoms with E-state index in [4.69, 9.17) is 19.4 Å². The number of hydrogen-bond donors (Lipinski definition) is 0. The number of rotatable bonds is 6. The maximum absolute atomic E-state index is 6.22. The molecule has 230 valence electrons. The highest BCUT2D eigenvalue weighted by Gasteiger charge is 2.15. The molecule has 0 bridgehead atoms. The topological polar surface area (TPSA) is 51.8 Å². The Kier molecular flexibility index (Phi) is 7.10.